The minimum absolute atomic E-state index is 0.0801. The molecule has 0 saturated carbocycles. The fourth-order valence-electron chi connectivity index (χ4n) is 0.799. The third kappa shape index (κ3) is 2.60. The zero-order valence-corrected chi connectivity index (χ0v) is 7.34. The van der Waals surface area contributed by atoms with Gasteiger partial charge in [-0.05, 0) is 0 Å². The number of amides is 1. The Morgan fingerprint density at radius 3 is 3.08 bits per heavy atom. The number of hydrogen-bond donors (Lipinski definition) is 0. The predicted molar refractivity (Wildman–Crippen MR) is 46.5 cm³/mol. The number of rotatable bonds is 3. The van der Waals surface area contributed by atoms with Crippen LogP contribution in [0, 0.1) is 12.3 Å². The van der Waals surface area contributed by atoms with Crippen LogP contribution in [-0.2, 0) is 11.3 Å². The topological polar surface area (TPSA) is 51.0 Å². The van der Waals surface area contributed by atoms with Gasteiger partial charge in [-0.2, -0.15) is 5.10 Å². The Labute approximate surface area is 76.4 Å². The molecule has 0 aliphatic carbocycles. The highest BCUT2D eigenvalue weighted by atomic mass is 16.2. The number of carbonyl (C=O) groups excluding carboxylic acids is 1. The van der Waals surface area contributed by atoms with E-state index in [4.69, 9.17) is 6.42 Å². The molecule has 0 radical (unpaired) electrons. The van der Waals surface area contributed by atoms with Gasteiger partial charge in [-0.1, -0.05) is 5.92 Å². The largest absolute Gasteiger partial charge is 0.333 e. The summed E-state index contributed by atoms with van der Waals surface area (Å²) in [7, 11) is 1.65. The molecule has 0 saturated heterocycles. The smallest absolute Gasteiger partial charge is 0.244 e. The van der Waals surface area contributed by atoms with Crippen molar-refractivity contribution in [3.63, 3.8) is 0 Å². The minimum atomic E-state index is -0.0801. The Bertz CT molecular complexity index is 311. The van der Waals surface area contributed by atoms with Gasteiger partial charge in [0.15, 0.2) is 0 Å². The highest BCUT2D eigenvalue weighted by Gasteiger charge is 2.07. The molecule has 5 nitrogen and oxygen atoms in total. The third-order valence-electron chi connectivity index (χ3n) is 1.52. The van der Waals surface area contributed by atoms with Crippen LogP contribution in [0.1, 0.15) is 0 Å². The van der Waals surface area contributed by atoms with Crippen molar-refractivity contribution >= 4 is 5.91 Å². The molecule has 1 aromatic rings. The molecule has 13 heavy (non-hydrogen) atoms. The average Bonchev–Trinajstić information content (AvgIpc) is 2.57. The van der Waals surface area contributed by atoms with Crippen molar-refractivity contribution in [1.82, 2.24) is 19.7 Å². The molecule has 5 heteroatoms. The second kappa shape index (κ2) is 4.26. The average molecular weight is 178 g/mol. The first-order valence-electron chi connectivity index (χ1n) is 3.74. The first-order chi connectivity index (χ1) is 6.24. The normalized spacial score (nSPS) is 9.23. The van der Waals surface area contributed by atoms with Crippen LogP contribution in [0.4, 0.5) is 0 Å². The highest BCUT2D eigenvalue weighted by Crippen LogP contribution is 1.88. The number of likely N-dealkylation sites (N-methyl/N-ethyl adjacent to an activating group) is 1. The van der Waals surface area contributed by atoms with Crippen molar-refractivity contribution in [3.05, 3.63) is 12.7 Å². The monoisotopic (exact) mass is 178 g/mol. The summed E-state index contributed by atoms with van der Waals surface area (Å²) in [6, 6.07) is 0. The van der Waals surface area contributed by atoms with E-state index in [0.29, 0.717) is 6.54 Å². The molecule has 0 spiro atoms. The maximum Gasteiger partial charge on any atom is 0.244 e. The summed E-state index contributed by atoms with van der Waals surface area (Å²) in [6.45, 7) is 0.492. The van der Waals surface area contributed by atoms with Crippen LogP contribution in [-0.4, -0.2) is 39.2 Å². The number of carbonyl (C=O) groups is 1. The van der Waals surface area contributed by atoms with Gasteiger partial charge in [0.2, 0.25) is 5.91 Å². The van der Waals surface area contributed by atoms with Gasteiger partial charge in [-0.25, -0.2) is 9.67 Å². The second-order valence-electron chi connectivity index (χ2n) is 2.55. The summed E-state index contributed by atoms with van der Waals surface area (Å²) in [4.78, 5) is 16.5. The van der Waals surface area contributed by atoms with Crippen LogP contribution < -0.4 is 0 Å². The van der Waals surface area contributed by atoms with Gasteiger partial charge in [0.05, 0.1) is 6.54 Å². The van der Waals surface area contributed by atoms with Crippen LogP contribution in [0.25, 0.3) is 0 Å². The lowest BCUT2D eigenvalue weighted by atomic mass is 10.5. The summed E-state index contributed by atoms with van der Waals surface area (Å²) >= 11 is 0. The van der Waals surface area contributed by atoms with E-state index >= 15 is 0 Å². The van der Waals surface area contributed by atoms with Gasteiger partial charge in [0, 0.05) is 7.05 Å². The molecule has 0 aliphatic rings. The van der Waals surface area contributed by atoms with Gasteiger partial charge >= 0.3 is 0 Å². The van der Waals surface area contributed by atoms with Crippen molar-refractivity contribution in [2.75, 3.05) is 13.6 Å². The van der Waals surface area contributed by atoms with Crippen LogP contribution >= 0.6 is 0 Å². The summed E-state index contributed by atoms with van der Waals surface area (Å²) < 4.78 is 1.45. The molecule has 0 unspecified atom stereocenters. The van der Waals surface area contributed by atoms with Gasteiger partial charge in [0.1, 0.15) is 19.2 Å². The standard InChI is InChI=1S/C8H10N4O/c1-3-4-11(2)8(13)5-12-7-9-6-10-12/h1,6-7H,4-5H2,2H3. The van der Waals surface area contributed by atoms with E-state index in [1.54, 1.807) is 7.05 Å². The summed E-state index contributed by atoms with van der Waals surface area (Å²) in [5.41, 5.74) is 0. The first-order valence-corrected chi connectivity index (χ1v) is 3.74. The van der Waals surface area contributed by atoms with E-state index in [1.165, 1.54) is 22.2 Å². The Kier molecular flexibility index (Phi) is 3.03. The Balaban J connectivity index is 2.47. The Hall–Kier alpha value is -1.83. The molecule has 0 atom stereocenters. The molecule has 0 bridgehead atoms. The molecular weight excluding hydrogens is 168 g/mol. The van der Waals surface area contributed by atoms with E-state index in [1.807, 2.05) is 0 Å². The van der Waals surface area contributed by atoms with Gasteiger partial charge < -0.3 is 4.90 Å². The van der Waals surface area contributed by atoms with Crippen LogP contribution in [0.15, 0.2) is 12.7 Å². The zero-order valence-electron chi connectivity index (χ0n) is 7.34. The number of terminal acetylenes is 1. The molecule has 1 heterocycles. The molecule has 0 N–H and O–H groups in total. The Morgan fingerprint density at radius 2 is 2.54 bits per heavy atom. The van der Waals surface area contributed by atoms with Gasteiger partial charge in [-0.15, -0.1) is 6.42 Å². The van der Waals surface area contributed by atoms with Crippen molar-refractivity contribution in [2.45, 2.75) is 6.54 Å². The molecule has 0 aromatic carbocycles. The van der Waals surface area contributed by atoms with E-state index in [-0.39, 0.29) is 12.5 Å². The Morgan fingerprint density at radius 1 is 1.77 bits per heavy atom. The summed E-state index contributed by atoms with van der Waals surface area (Å²) in [5, 5.41) is 3.81. The fraction of sp³-hybridized carbons (Fsp3) is 0.375. The molecule has 1 aromatic heterocycles. The van der Waals surface area contributed by atoms with Gasteiger partial charge in [-0.3, -0.25) is 4.79 Å². The molecule has 0 fully saturated rings. The van der Waals surface area contributed by atoms with Crippen LogP contribution in [0.5, 0.6) is 0 Å². The molecule has 1 amide bonds. The predicted octanol–water partition coefficient (Wildman–Crippen LogP) is -0.630. The number of hydrogen-bond acceptors (Lipinski definition) is 3. The molecule has 0 aliphatic heterocycles. The lowest BCUT2D eigenvalue weighted by Crippen LogP contribution is -2.30. The van der Waals surface area contributed by atoms with Crippen LogP contribution in [0.3, 0.4) is 0 Å². The van der Waals surface area contributed by atoms with Crippen molar-refractivity contribution in [3.8, 4) is 12.3 Å². The number of aromatic nitrogens is 3. The summed E-state index contributed by atoms with van der Waals surface area (Å²) in [5.74, 6) is 2.31. The van der Waals surface area contributed by atoms with E-state index in [0.717, 1.165) is 0 Å². The van der Waals surface area contributed by atoms with Crippen molar-refractivity contribution in [2.24, 2.45) is 0 Å². The van der Waals surface area contributed by atoms with Crippen molar-refractivity contribution < 1.29 is 4.79 Å². The molecular formula is C8H10N4O. The SMILES string of the molecule is C#CCN(C)C(=O)Cn1cncn1. The number of nitrogens with zero attached hydrogens (tertiary/aromatic N) is 4. The maximum absolute atomic E-state index is 11.3. The zero-order chi connectivity index (χ0) is 9.68. The lowest BCUT2D eigenvalue weighted by Gasteiger charge is -2.12. The van der Waals surface area contributed by atoms with E-state index < -0.39 is 0 Å². The summed E-state index contributed by atoms with van der Waals surface area (Å²) in [6.07, 6.45) is 7.93. The van der Waals surface area contributed by atoms with Crippen LogP contribution in [0.2, 0.25) is 0 Å². The third-order valence-corrected chi connectivity index (χ3v) is 1.52. The fourth-order valence-corrected chi connectivity index (χ4v) is 0.799. The highest BCUT2D eigenvalue weighted by molar-refractivity contribution is 5.75. The first kappa shape index (κ1) is 9.26. The van der Waals surface area contributed by atoms with Gasteiger partial charge in [0.25, 0.3) is 0 Å². The molecule has 1 rings (SSSR count). The van der Waals surface area contributed by atoms with E-state index in [9.17, 15) is 4.79 Å². The maximum atomic E-state index is 11.3. The quantitative estimate of drug-likeness (QED) is 0.579. The second-order valence-corrected chi connectivity index (χ2v) is 2.55. The minimum Gasteiger partial charge on any atom is -0.333 e. The lowest BCUT2D eigenvalue weighted by molar-refractivity contribution is -0.130. The molecule has 68 valence electrons. The van der Waals surface area contributed by atoms with Crippen molar-refractivity contribution in [1.29, 1.82) is 0 Å². The van der Waals surface area contributed by atoms with E-state index in [2.05, 4.69) is 16.0 Å².